The van der Waals surface area contributed by atoms with Crippen molar-refractivity contribution < 1.29 is 19.1 Å². The first-order chi connectivity index (χ1) is 11.5. The number of likely N-dealkylation sites (tertiary alicyclic amines) is 1. The van der Waals surface area contributed by atoms with Gasteiger partial charge in [0, 0.05) is 17.8 Å². The van der Waals surface area contributed by atoms with Crippen LogP contribution in [0.2, 0.25) is 0 Å². The van der Waals surface area contributed by atoms with Crippen LogP contribution in [-0.2, 0) is 27.2 Å². The summed E-state index contributed by atoms with van der Waals surface area (Å²) < 4.78 is 5.16. The minimum Gasteiger partial charge on any atom is -0.462 e. The first-order valence-corrected chi connectivity index (χ1v) is 9.26. The molecule has 6 nitrogen and oxygen atoms in total. The summed E-state index contributed by atoms with van der Waals surface area (Å²) >= 11 is 1.46. The van der Waals surface area contributed by atoms with Crippen LogP contribution in [0.5, 0.6) is 0 Å². The molecule has 1 atom stereocenters. The minimum atomic E-state index is -0.535. The Balaban J connectivity index is 1.80. The molecule has 1 aromatic heterocycles. The fourth-order valence-electron chi connectivity index (χ4n) is 3.35. The van der Waals surface area contributed by atoms with Crippen molar-refractivity contribution in [2.45, 2.75) is 52.0 Å². The van der Waals surface area contributed by atoms with E-state index in [0.29, 0.717) is 30.1 Å². The molecule has 1 saturated heterocycles. The van der Waals surface area contributed by atoms with Crippen molar-refractivity contribution in [3.8, 4) is 0 Å². The van der Waals surface area contributed by atoms with Gasteiger partial charge in [-0.05, 0) is 45.1 Å². The molecule has 1 fully saturated rings. The summed E-state index contributed by atoms with van der Waals surface area (Å²) in [7, 11) is 0. The second kappa shape index (κ2) is 6.93. The van der Waals surface area contributed by atoms with Crippen molar-refractivity contribution in [3.05, 3.63) is 16.0 Å². The van der Waals surface area contributed by atoms with Gasteiger partial charge in [-0.3, -0.25) is 9.59 Å². The molecule has 0 bridgehead atoms. The number of carbonyl (C=O) groups excluding carboxylic acids is 3. The third-order valence-corrected chi connectivity index (χ3v) is 5.80. The number of aryl methyl sites for hydroxylation is 1. The molecule has 0 saturated carbocycles. The fraction of sp³-hybridized carbons (Fsp3) is 0.588. The van der Waals surface area contributed by atoms with Gasteiger partial charge in [0.05, 0.1) is 12.2 Å². The number of rotatable bonds is 5. The van der Waals surface area contributed by atoms with Crippen molar-refractivity contribution in [3.63, 3.8) is 0 Å². The van der Waals surface area contributed by atoms with Crippen molar-refractivity contribution in [1.29, 1.82) is 0 Å². The number of nitrogens with one attached hydrogen (secondary N) is 1. The molecular weight excluding hydrogens is 328 g/mol. The van der Waals surface area contributed by atoms with Crippen LogP contribution in [0.1, 0.15) is 53.9 Å². The highest BCUT2D eigenvalue weighted by Gasteiger charge is 2.32. The summed E-state index contributed by atoms with van der Waals surface area (Å²) in [5.41, 5.74) is 1.52. The third-order valence-electron chi connectivity index (χ3n) is 4.59. The quantitative estimate of drug-likeness (QED) is 0.827. The Morgan fingerprint density at radius 1 is 1.29 bits per heavy atom. The van der Waals surface area contributed by atoms with E-state index in [9.17, 15) is 14.4 Å². The normalized spacial score (nSPS) is 17.8. The average Bonchev–Trinajstić information content (AvgIpc) is 3.22. The van der Waals surface area contributed by atoms with Gasteiger partial charge in [-0.15, -0.1) is 11.3 Å². The van der Waals surface area contributed by atoms with Gasteiger partial charge in [0.1, 0.15) is 11.0 Å². The molecule has 1 aromatic rings. The largest absolute Gasteiger partial charge is 0.462 e. The highest BCUT2D eigenvalue weighted by Crippen LogP contribution is 2.39. The maximum Gasteiger partial charge on any atom is 0.341 e. The highest BCUT2D eigenvalue weighted by molar-refractivity contribution is 7.17. The number of nitrogens with zero attached hydrogens (tertiary/aromatic N) is 1. The lowest BCUT2D eigenvalue weighted by molar-refractivity contribution is -0.134. The van der Waals surface area contributed by atoms with Crippen LogP contribution in [0.3, 0.4) is 0 Å². The van der Waals surface area contributed by atoms with E-state index in [1.165, 1.54) is 11.3 Å². The zero-order valence-corrected chi connectivity index (χ0v) is 14.8. The number of fused-ring (bicyclic) bond motifs is 1. The first-order valence-electron chi connectivity index (χ1n) is 8.45. The molecule has 1 aliphatic heterocycles. The standard InChI is InChI=1S/C17H22N2O4S/c1-3-23-17(22)14-11-6-4-7-12(11)24-16(14)18-15(21)10(2)19-9-5-8-13(19)20/h10H,3-9H2,1-2H3,(H,18,21). The van der Waals surface area contributed by atoms with Gasteiger partial charge in [0.25, 0.3) is 0 Å². The second-order valence-corrected chi connectivity index (χ2v) is 7.24. The maximum atomic E-state index is 12.6. The molecule has 1 aliphatic carbocycles. The number of carbonyl (C=O) groups is 3. The number of amides is 2. The van der Waals surface area contributed by atoms with Crippen molar-refractivity contribution in [1.82, 2.24) is 4.90 Å². The molecule has 1 N–H and O–H groups in total. The van der Waals surface area contributed by atoms with Gasteiger partial charge in [0.15, 0.2) is 0 Å². The Hall–Kier alpha value is -1.89. The maximum absolute atomic E-state index is 12.6. The van der Waals surface area contributed by atoms with Gasteiger partial charge < -0.3 is 15.0 Å². The van der Waals surface area contributed by atoms with E-state index in [-0.39, 0.29) is 17.8 Å². The van der Waals surface area contributed by atoms with E-state index in [4.69, 9.17) is 4.74 Å². The smallest absolute Gasteiger partial charge is 0.341 e. The van der Waals surface area contributed by atoms with Crippen LogP contribution in [0.4, 0.5) is 5.00 Å². The molecule has 7 heteroatoms. The summed E-state index contributed by atoms with van der Waals surface area (Å²) in [6, 6.07) is -0.535. The molecular formula is C17H22N2O4S. The molecule has 2 heterocycles. The van der Waals surface area contributed by atoms with E-state index in [1.54, 1.807) is 18.7 Å². The summed E-state index contributed by atoms with van der Waals surface area (Å²) in [5.74, 6) is -0.621. The van der Waals surface area contributed by atoms with E-state index in [0.717, 1.165) is 36.1 Å². The Morgan fingerprint density at radius 2 is 2.08 bits per heavy atom. The molecule has 0 radical (unpaired) electrons. The van der Waals surface area contributed by atoms with Gasteiger partial charge in [-0.25, -0.2) is 4.79 Å². The van der Waals surface area contributed by atoms with E-state index < -0.39 is 6.04 Å². The molecule has 24 heavy (non-hydrogen) atoms. The first kappa shape index (κ1) is 17.0. The number of hydrogen-bond acceptors (Lipinski definition) is 5. The molecule has 2 aliphatic rings. The molecule has 1 unspecified atom stereocenters. The van der Waals surface area contributed by atoms with E-state index >= 15 is 0 Å². The van der Waals surface area contributed by atoms with Crippen LogP contribution >= 0.6 is 11.3 Å². The monoisotopic (exact) mass is 350 g/mol. The Kier molecular flexibility index (Phi) is 4.89. The van der Waals surface area contributed by atoms with E-state index in [1.807, 2.05) is 0 Å². The van der Waals surface area contributed by atoms with Gasteiger partial charge >= 0.3 is 5.97 Å². The van der Waals surface area contributed by atoms with Crippen LogP contribution in [0.25, 0.3) is 0 Å². The lowest BCUT2D eigenvalue weighted by atomic mass is 10.1. The number of thiophene rings is 1. The second-order valence-electron chi connectivity index (χ2n) is 6.14. The Labute approximate surface area is 145 Å². The zero-order valence-electron chi connectivity index (χ0n) is 14.0. The molecule has 0 spiro atoms. The van der Waals surface area contributed by atoms with Crippen molar-refractivity contribution in [2.24, 2.45) is 0 Å². The summed E-state index contributed by atoms with van der Waals surface area (Å²) in [4.78, 5) is 39.4. The zero-order chi connectivity index (χ0) is 17.3. The van der Waals surface area contributed by atoms with Gasteiger partial charge in [-0.1, -0.05) is 0 Å². The third kappa shape index (κ3) is 3.05. The summed E-state index contributed by atoms with van der Waals surface area (Å²) in [6.45, 7) is 4.41. The molecule has 0 aromatic carbocycles. The molecule has 3 rings (SSSR count). The number of anilines is 1. The summed E-state index contributed by atoms with van der Waals surface area (Å²) in [5, 5.41) is 3.42. The predicted octanol–water partition coefficient (Wildman–Crippen LogP) is 2.36. The average molecular weight is 350 g/mol. The van der Waals surface area contributed by atoms with E-state index in [2.05, 4.69) is 5.32 Å². The van der Waals surface area contributed by atoms with Crippen LogP contribution < -0.4 is 5.32 Å². The SMILES string of the molecule is CCOC(=O)c1c(NC(=O)C(C)N2CCCC2=O)sc2c1CCC2. The highest BCUT2D eigenvalue weighted by atomic mass is 32.1. The Morgan fingerprint density at radius 3 is 2.75 bits per heavy atom. The van der Waals surface area contributed by atoms with Gasteiger partial charge in [0.2, 0.25) is 11.8 Å². The number of hydrogen-bond donors (Lipinski definition) is 1. The fourth-order valence-corrected chi connectivity index (χ4v) is 4.63. The van der Waals surface area contributed by atoms with Crippen LogP contribution in [-0.4, -0.2) is 41.9 Å². The minimum absolute atomic E-state index is 0.0111. The van der Waals surface area contributed by atoms with Crippen LogP contribution in [0.15, 0.2) is 0 Å². The topological polar surface area (TPSA) is 75.7 Å². The Bertz CT molecular complexity index is 682. The van der Waals surface area contributed by atoms with Crippen molar-refractivity contribution >= 4 is 34.1 Å². The summed E-state index contributed by atoms with van der Waals surface area (Å²) in [6.07, 6.45) is 4.09. The molecule has 2 amide bonds. The van der Waals surface area contributed by atoms with Crippen LogP contribution in [0, 0.1) is 0 Å². The lowest BCUT2D eigenvalue weighted by Crippen LogP contribution is -2.42. The predicted molar refractivity (Wildman–Crippen MR) is 91.3 cm³/mol. The van der Waals surface area contributed by atoms with Crippen molar-refractivity contribution in [2.75, 3.05) is 18.5 Å². The molecule has 130 valence electrons. The van der Waals surface area contributed by atoms with Gasteiger partial charge in [-0.2, -0.15) is 0 Å². The lowest BCUT2D eigenvalue weighted by Gasteiger charge is -2.23. The number of ether oxygens (including phenoxy) is 1. The number of esters is 1.